The summed E-state index contributed by atoms with van der Waals surface area (Å²) in [7, 11) is 0. The molecule has 26 heavy (non-hydrogen) atoms. The molecule has 1 atom stereocenters. The van der Waals surface area contributed by atoms with E-state index in [0.717, 1.165) is 47.1 Å². The molecule has 0 aromatic carbocycles. The monoisotopic (exact) mass is 353 g/mol. The SMILES string of the molecule is CC(C)(C)OC(=O)NC1CCN(c2cc[nH]c3cnc4nccc4c23)C1. The number of carbonyl (C=O) groups is 1. The molecule has 1 unspecified atom stereocenters. The number of nitrogens with zero attached hydrogens (tertiary/aromatic N) is 3. The predicted octanol–water partition coefficient (Wildman–Crippen LogP) is 3.21. The molecule has 4 heterocycles. The average molecular weight is 353 g/mol. The molecule has 7 nitrogen and oxygen atoms in total. The predicted molar refractivity (Wildman–Crippen MR) is 101 cm³/mol. The summed E-state index contributed by atoms with van der Waals surface area (Å²) < 4.78 is 5.37. The minimum atomic E-state index is -0.489. The maximum absolute atomic E-state index is 12.0. The van der Waals surface area contributed by atoms with Gasteiger partial charge in [0.25, 0.3) is 0 Å². The van der Waals surface area contributed by atoms with Gasteiger partial charge in [0.15, 0.2) is 5.65 Å². The number of amides is 1. The third kappa shape index (κ3) is 3.16. The molecule has 0 bridgehead atoms. The third-order valence-corrected chi connectivity index (χ3v) is 4.52. The number of rotatable bonds is 2. The molecule has 2 N–H and O–H groups in total. The Hall–Kier alpha value is -2.83. The van der Waals surface area contributed by atoms with Crippen molar-refractivity contribution in [1.29, 1.82) is 0 Å². The molecule has 0 spiro atoms. The van der Waals surface area contributed by atoms with Crippen molar-refractivity contribution < 1.29 is 9.53 Å². The van der Waals surface area contributed by atoms with Crippen LogP contribution in [0.1, 0.15) is 27.2 Å². The summed E-state index contributed by atoms with van der Waals surface area (Å²) in [6, 6.07) is 4.14. The first-order valence-electron chi connectivity index (χ1n) is 8.86. The lowest BCUT2D eigenvalue weighted by atomic mass is 10.1. The van der Waals surface area contributed by atoms with Gasteiger partial charge >= 0.3 is 6.09 Å². The van der Waals surface area contributed by atoms with Crippen molar-refractivity contribution in [3.63, 3.8) is 0 Å². The van der Waals surface area contributed by atoms with Gasteiger partial charge in [-0.25, -0.2) is 14.8 Å². The molecule has 3 aromatic heterocycles. The van der Waals surface area contributed by atoms with Crippen LogP contribution in [-0.2, 0) is 4.74 Å². The van der Waals surface area contributed by atoms with Crippen LogP contribution in [0.3, 0.4) is 0 Å². The number of nitrogens with one attached hydrogen (secondary N) is 2. The Balaban J connectivity index is 1.58. The molecular formula is C19H23N5O2. The first-order valence-corrected chi connectivity index (χ1v) is 8.86. The largest absolute Gasteiger partial charge is 0.444 e. The van der Waals surface area contributed by atoms with Crippen LogP contribution in [0, 0.1) is 0 Å². The summed E-state index contributed by atoms with van der Waals surface area (Å²) in [6.45, 7) is 7.22. The van der Waals surface area contributed by atoms with E-state index in [0.29, 0.717) is 0 Å². The molecule has 1 saturated heterocycles. The number of H-pyrrole nitrogens is 1. The van der Waals surface area contributed by atoms with Crippen LogP contribution in [0.5, 0.6) is 0 Å². The fourth-order valence-electron chi connectivity index (χ4n) is 3.47. The number of alkyl carbamates (subject to hydrolysis) is 1. The van der Waals surface area contributed by atoms with E-state index in [1.54, 1.807) is 6.20 Å². The molecule has 1 aliphatic rings. The van der Waals surface area contributed by atoms with E-state index in [1.165, 1.54) is 0 Å². The molecule has 1 amide bonds. The first kappa shape index (κ1) is 16.6. The lowest BCUT2D eigenvalue weighted by molar-refractivity contribution is 0.0509. The number of aromatic nitrogens is 3. The van der Waals surface area contributed by atoms with Crippen LogP contribution in [0.4, 0.5) is 10.5 Å². The summed E-state index contributed by atoms with van der Waals surface area (Å²) in [5.41, 5.74) is 2.37. The molecule has 136 valence electrons. The Morgan fingerprint density at radius 1 is 1.35 bits per heavy atom. The Labute approximate surface area is 151 Å². The first-order chi connectivity index (χ1) is 12.4. The van der Waals surface area contributed by atoms with E-state index in [-0.39, 0.29) is 12.1 Å². The standard InChI is InChI=1S/C19H23N5O2/c1-19(2,3)26-18(25)23-12-6-9-24(11-12)15-5-8-20-14-10-22-17-13(16(14)15)4-7-21-17/h4-5,7-8,10,12,20H,6,9,11H2,1-3H3,(H,23,25). The van der Waals surface area contributed by atoms with Gasteiger partial charge in [0, 0.05) is 41.9 Å². The molecule has 0 saturated carbocycles. The Morgan fingerprint density at radius 2 is 2.19 bits per heavy atom. The lowest BCUT2D eigenvalue weighted by Gasteiger charge is -2.23. The van der Waals surface area contributed by atoms with Gasteiger partial charge in [-0.1, -0.05) is 0 Å². The molecule has 3 aromatic rings. The van der Waals surface area contributed by atoms with Crippen molar-refractivity contribution in [3.05, 3.63) is 30.7 Å². The van der Waals surface area contributed by atoms with Gasteiger partial charge in [-0.2, -0.15) is 0 Å². The number of carbonyl (C=O) groups excluding carboxylic acids is 1. The van der Waals surface area contributed by atoms with Crippen LogP contribution in [0.2, 0.25) is 0 Å². The average Bonchev–Trinajstić information content (AvgIpc) is 3.21. The van der Waals surface area contributed by atoms with Crippen molar-refractivity contribution in [2.45, 2.75) is 38.8 Å². The molecule has 0 aliphatic carbocycles. The number of fused-ring (bicyclic) bond motifs is 3. The maximum atomic E-state index is 12.0. The van der Waals surface area contributed by atoms with E-state index in [9.17, 15) is 4.79 Å². The minimum Gasteiger partial charge on any atom is -0.444 e. The van der Waals surface area contributed by atoms with Crippen molar-refractivity contribution in [3.8, 4) is 0 Å². The van der Waals surface area contributed by atoms with Crippen LogP contribution in [-0.4, -0.2) is 45.8 Å². The molecule has 7 heteroatoms. The van der Waals surface area contributed by atoms with E-state index in [2.05, 4.69) is 31.2 Å². The molecule has 4 rings (SSSR count). The highest BCUT2D eigenvalue weighted by atomic mass is 16.6. The van der Waals surface area contributed by atoms with Crippen molar-refractivity contribution in [1.82, 2.24) is 20.3 Å². The number of hydrogen-bond acceptors (Lipinski definition) is 5. The quantitative estimate of drug-likeness (QED) is 0.739. The normalized spacial score (nSPS) is 17.8. The van der Waals surface area contributed by atoms with Gasteiger partial charge in [0.05, 0.1) is 17.8 Å². The van der Waals surface area contributed by atoms with Crippen molar-refractivity contribution in [2.75, 3.05) is 18.0 Å². The molecule has 1 fully saturated rings. The number of anilines is 1. The highest BCUT2D eigenvalue weighted by Gasteiger charge is 2.27. The second kappa shape index (κ2) is 6.16. The van der Waals surface area contributed by atoms with Gasteiger partial charge in [-0.05, 0) is 39.3 Å². The van der Waals surface area contributed by atoms with E-state index in [4.69, 9.17) is 4.74 Å². The maximum Gasteiger partial charge on any atom is 0.407 e. The topological polar surface area (TPSA) is 83.1 Å². The summed E-state index contributed by atoms with van der Waals surface area (Å²) in [6.07, 6.45) is 6.05. The summed E-state index contributed by atoms with van der Waals surface area (Å²) in [5.74, 6) is 0. The highest BCUT2D eigenvalue weighted by Crippen LogP contribution is 2.32. The van der Waals surface area contributed by atoms with Crippen LogP contribution in [0.15, 0.2) is 30.7 Å². The van der Waals surface area contributed by atoms with Crippen LogP contribution >= 0.6 is 0 Å². The zero-order valence-electron chi connectivity index (χ0n) is 15.2. The van der Waals surface area contributed by atoms with Gasteiger partial charge < -0.3 is 19.9 Å². The number of pyridine rings is 2. The molecule has 1 aliphatic heterocycles. The second-order valence-electron chi connectivity index (χ2n) is 7.67. The zero-order valence-corrected chi connectivity index (χ0v) is 15.2. The fraction of sp³-hybridized carbons (Fsp3) is 0.421. The Bertz CT molecular complexity index is 959. The van der Waals surface area contributed by atoms with Gasteiger partial charge in [-0.15, -0.1) is 0 Å². The zero-order chi connectivity index (χ0) is 18.3. The van der Waals surface area contributed by atoms with Crippen molar-refractivity contribution in [2.24, 2.45) is 0 Å². The number of hydrogen-bond donors (Lipinski definition) is 2. The molecule has 0 radical (unpaired) electrons. The van der Waals surface area contributed by atoms with E-state index < -0.39 is 5.60 Å². The van der Waals surface area contributed by atoms with Gasteiger partial charge in [-0.3, -0.25) is 0 Å². The minimum absolute atomic E-state index is 0.0687. The van der Waals surface area contributed by atoms with Crippen LogP contribution < -0.4 is 10.2 Å². The van der Waals surface area contributed by atoms with E-state index >= 15 is 0 Å². The Kier molecular flexibility index (Phi) is 3.94. The number of aromatic amines is 1. The van der Waals surface area contributed by atoms with E-state index in [1.807, 2.05) is 39.2 Å². The second-order valence-corrected chi connectivity index (χ2v) is 7.67. The summed E-state index contributed by atoms with van der Waals surface area (Å²) in [5, 5.41) is 5.14. The smallest absolute Gasteiger partial charge is 0.407 e. The Morgan fingerprint density at radius 3 is 3.00 bits per heavy atom. The van der Waals surface area contributed by atoms with Crippen molar-refractivity contribution >= 4 is 33.7 Å². The van der Waals surface area contributed by atoms with Gasteiger partial charge in [0.2, 0.25) is 0 Å². The van der Waals surface area contributed by atoms with Crippen LogP contribution in [0.25, 0.3) is 21.9 Å². The summed E-state index contributed by atoms with van der Waals surface area (Å²) in [4.78, 5) is 26.3. The lowest BCUT2D eigenvalue weighted by Crippen LogP contribution is -2.40. The molecular weight excluding hydrogens is 330 g/mol. The number of ether oxygens (including phenoxy) is 1. The fourth-order valence-corrected chi connectivity index (χ4v) is 3.47. The van der Waals surface area contributed by atoms with Gasteiger partial charge in [0.1, 0.15) is 5.60 Å². The third-order valence-electron chi connectivity index (χ3n) is 4.52. The summed E-state index contributed by atoms with van der Waals surface area (Å²) >= 11 is 0. The highest BCUT2D eigenvalue weighted by molar-refractivity contribution is 6.10.